The first-order valence-electron chi connectivity index (χ1n) is 3.35. The molecule has 0 aliphatic rings. The number of carbonyl (C=O) groups is 2. The highest BCUT2D eigenvalue weighted by atomic mass is 32.2. The van der Waals surface area contributed by atoms with E-state index in [1.54, 1.807) is 0 Å². The molecular formula is C8H10O4S. The van der Waals surface area contributed by atoms with Crippen molar-refractivity contribution in [2.24, 2.45) is 0 Å². The van der Waals surface area contributed by atoms with Gasteiger partial charge in [-0.15, -0.1) is 11.8 Å². The van der Waals surface area contributed by atoms with E-state index in [-0.39, 0.29) is 0 Å². The van der Waals surface area contributed by atoms with Crippen LogP contribution >= 0.6 is 11.8 Å². The summed E-state index contributed by atoms with van der Waals surface area (Å²) in [7, 11) is 2.59. The summed E-state index contributed by atoms with van der Waals surface area (Å²) in [4.78, 5) is 21.1. The Labute approximate surface area is 80.6 Å². The number of hydrogen-bond acceptors (Lipinski definition) is 5. The number of rotatable bonds is 4. The molecular weight excluding hydrogens is 192 g/mol. The molecule has 0 aromatic rings. The second-order valence-corrected chi connectivity index (χ2v) is 2.60. The lowest BCUT2D eigenvalue weighted by atomic mass is 10.7. The van der Waals surface area contributed by atoms with Gasteiger partial charge in [-0.05, 0) is 10.8 Å². The summed E-state index contributed by atoms with van der Waals surface area (Å²) < 4.78 is 8.69. The maximum Gasteiger partial charge on any atom is 0.330 e. The van der Waals surface area contributed by atoms with Crippen LogP contribution in [0.25, 0.3) is 0 Å². The van der Waals surface area contributed by atoms with Crippen LogP contribution in [0.4, 0.5) is 0 Å². The summed E-state index contributed by atoms with van der Waals surface area (Å²) >= 11 is 1.18. The van der Waals surface area contributed by atoms with E-state index in [0.717, 1.165) is 0 Å². The highest BCUT2D eigenvalue weighted by Crippen LogP contribution is 2.03. The van der Waals surface area contributed by atoms with Crippen molar-refractivity contribution in [1.82, 2.24) is 0 Å². The molecule has 0 N–H and O–H groups in total. The average Bonchev–Trinajstić information content (AvgIpc) is 2.16. The maximum atomic E-state index is 10.5. The molecule has 0 saturated heterocycles. The minimum absolute atomic E-state index is 0.432. The first-order valence-corrected chi connectivity index (χ1v) is 4.29. The number of esters is 2. The molecule has 0 bridgehead atoms. The largest absolute Gasteiger partial charge is 0.466 e. The minimum Gasteiger partial charge on any atom is -0.466 e. The molecule has 72 valence electrons. The van der Waals surface area contributed by atoms with E-state index in [1.165, 1.54) is 48.9 Å². The quantitative estimate of drug-likeness (QED) is 0.504. The molecule has 0 unspecified atom stereocenters. The van der Waals surface area contributed by atoms with Crippen LogP contribution in [0.2, 0.25) is 0 Å². The molecule has 5 heteroatoms. The van der Waals surface area contributed by atoms with Gasteiger partial charge in [0.1, 0.15) is 0 Å². The number of thioether (sulfide) groups is 1. The Bertz CT molecular complexity index is 208. The molecule has 0 radical (unpaired) electrons. The SMILES string of the molecule is COC(=O)C=CSC=CC(=O)OC. The van der Waals surface area contributed by atoms with E-state index in [1.807, 2.05) is 0 Å². The minimum atomic E-state index is -0.432. The smallest absolute Gasteiger partial charge is 0.330 e. The first kappa shape index (κ1) is 11.8. The van der Waals surface area contributed by atoms with Gasteiger partial charge in [-0.1, -0.05) is 0 Å². The first-order chi connectivity index (χ1) is 6.20. The van der Waals surface area contributed by atoms with Crippen molar-refractivity contribution >= 4 is 23.7 Å². The average molecular weight is 202 g/mol. The van der Waals surface area contributed by atoms with Gasteiger partial charge in [0.25, 0.3) is 0 Å². The number of hydrogen-bond donors (Lipinski definition) is 0. The number of ether oxygens (including phenoxy) is 2. The fourth-order valence-electron chi connectivity index (χ4n) is 0.371. The Morgan fingerprint density at radius 2 is 1.38 bits per heavy atom. The van der Waals surface area contributed by atoms with E-state index >= 15 is 0 Å². The molecule has 0 spiro atoms. The zero-order valence-electron chi connectivity index (χ0n) is 7.35. The molecule has 13 heavy (non-hydrogen) atoms. The highest BCUT2D eigenvalue weighted by Gasteiger charge is 1.90. The molecule has 0 aliphatic heterocycles. The normalized spacial score (nSPS) is 10.6. The molecule has 0 aliphatic carbocycles. The molecule has 0 saturated carbocycles. The molecule has 0 aromatic carbocycles. The third-order valence-corrected chi connectivity index (χ3v) is 1.55. The van der Waals surface area contributed by atoms with Crippen molar-refractivity contribution in [1.29, 1.82) is 0 Å². The third kappa shape index (κ3) is 7.14. The fraction of sp³-hybridized carbons (Fsp3) is 0.250. The van der Waals surface area contributed by atoms with Gasteiger partial charge in [-0.3, -0.25) is 0 Å². The molecule has 0 heterocycles. The summed E-state index contributed by atoms with van der Waals surface area (Å²) in [5, 5.41) is 3.01. The van der Waals surface area contributed by atoms with E-state index in [0.29, 0.717) is 0 Å². The Kier molecular flexibility index (Phi) is 6.72. The number of carbonyl (C=O) groups excluding carboxylic acids is 2. The Morgan fingerprint density at radius 1 is 1.00 bits per heavy atom. The van der Waals surface area contributed by atoms with Crippen LogP contribution in [0.1, 0.15) is 0 Å². The zero-order valence-corrected chi connectivity index (χ0v) is 8.17. The lowest BCUT2D eigenvalue weighted by Gasteiger charge is -1.88. The van der Waals surface area contributed by atoms with Crippen LogP contribution in [0.15, 0.2) is 23.0 Å². The lowest BCUT2D eigenvalue weighted by Crippen LogP contribution is -1.93. The Morgan fingerprint density at radius 3 is 1.69 bits per heavy atom. The van der Waals surface area contributed by atoms with Crippen LogP contribution in [-0.4, -0.2) is 26.2 Å². The van der Waals surface area contributed by atoms with Crippen molar-refractivity contribution in [3.63, 3.8) is 0 Å². The van der Waals surface area contributed by atoms with Gasteiger partial charge in [-0.2, -0.15) is 0 Å². The second kappa shape index (κ2) is 7.42. The van der Waals surface area contributed by atoms with E-state index in [2.05, 4.69) is 9.47 Å². The molecule has 0 rings (SSSR count). The topological polar surface area (TPSA) is 52.6 Å². The van der Waals surface area contributed by atoms with E-state index in [9.17, 15) is 9.59 Å². The zero-order chi connectivity index (χ0) is 10.1. The van der Waals surface area contributed by atoms with E-state index in [4.69, 9.17) is 0 Å². The predicted octanol–water partition coefficient (Wildman–Crippen LogP) is 1.09. The van der Waals surface area contributed by atoms with Gasteiger partial charge in [-0.25, -0.2) is 9.59 Å². The van der Waals surface area contributed by atoms with Gasteiger partial charge in [0, 0.05) is 12.2 Å². The monoisotopic (exact) mass is 202 g/mol. The summed E-state index contributed by atoms with van der Waals surface area (Å²) in [6, 6.07) is 0. The second-order valence-electron chi connectivity index (χ2n) is 1.79. The lowest BCUT2D eigenvalue weighted by molar-refractivity contribution is -0.135. The van der Waals surface area contributed by atoms with Gasteiger partial charge in [0.2, 0.25) is 0 Å². The fourth-order valence-corrected chi connectivity index (χ4v) is 0.841. The van der Waals surface area contributed by atoms with Gasteiger partial charge in [0.05, 0.1) is 14.2 Å². The molecule has 0 fully saturated rings. The van der Waals surface area contributed by atoms with E-state index < -0.39 is 11.9 Å². The van der Waals surface area contributed by atoms with Crippen molar-refractivity contribution in [2.45, 2.75) is 0 Å². The Hall–Kier alpha value is -1.23. The van der Waals surface area contributed by atoms with Crippen molar-refractivity contribution in [3.8, 4) is 0 Å². The third-order valence-electron chi connectivity index (χ3n) is 0.968. The molecule has 4 nitrogen and oxygen atoms in total. The van der Waals surface area contributed by atoms with Gasteiger partial charge in [0.15, 0.2) is 0 Å². The van der Waals surface area contributed by atoms with Gasteiger partial charge < -0.3 is 9.47 Å². The summed E-state index contributed by atoms with van der Waals surface area (Å²) in [6.45, 7) is 0. The van der Waals surface area contributed by atoms with Crippen molar-refractivity contribution in [2.75, 3.05) is 14.2 Å². The summed E-state index contributed by atoms with van der Waals surface area (Å²) in [6.07, 6.45) is 2.51. The van der Waals surface area contributed by atoms with Crippen LogP contribution in [-0.2, 0) is 19.1 Å². The summed E-state index contributed by atoms with van der Waals surface area (Å²) in [5.41, 5.74) is 0. The molecule has 0 aromatic heterocycles. The van der Waals surface area contributed by atoms with Crippen LogP contribution in [0, 0.1) is 0 Å². The van der Waals surface area contributed by atoms with Crippen LogP contribution in [0.5, 0.6) is 0 Å². The Balaban J connectivity index is 3.66. The standard InChI is InChI=1S/C8H10O4S/c1-11-7(9)3-5-13-6-4-8(10)12-2/h3-6H,1-2H3. The molecule has 0 atom stereocenters. The molecule has 0 amide bonds. The summed E-state index contributed by atoms with van der Waals surface area (Å²) in [5.74, 6) is -0.863. The van der Waals surface area contributed by atoms with Crippen molar-refractivity contribution < 1.29 is 19.1 Å². The van der Waals surface area contributed by atoms with Gasteiger partial charge >= 0.3 is 11.9 Å². The van der Waals surface area contributed by atoms with Crippen LogP contribution in [0.3, 0.4) is 0 Å². The maximum absolute atomic E-state index is 10.5. The predicted molar refractivity (Wildman–Crippen MR) is 49.9 cm³/mol. The number of methoxy groups -OCH3 is 2. The van der Waals surface area contributed by atoms with Crippen molar-refractivity contribution in [3.05, 3.63) is 23.0 Å². The van der Waals surface area contributed by atoms with Crippen LogP contribution < -0.4 is 0 Å². The highest BCUT2D eigenvalue weighted by molar-refractivity contribution is 8.04.